The largest absolute Gasteiger partial charge is 0.501 e. The van der Waals surface area contributed by atoms with Crippen molar-refractivity contribution in [3.8, 4) is 0 Å². The molecule has 7 nitrogen and oxygen atoms in total. The Kier molecular flexibility index (Phi) is 5.28. The Labute approximate surface area is 142 Å². The van der Waals surface area contributed by atoms with Crippen molar-refractivity contribution in [2.45, 2.75) is 36.3 Å². The van der Waals surface area contributed by atoms with Crippen LogP contribution in [-0.2, 0) is 9.84 Å². The summed E-state index contributed by atoms with van der Waals surface area (Å²) in [5.41, 5.74) is -6.21. The fourth-order valence-corrected chi connectivity index (χ4v) is 3.62. The highest BCUT2D eigenvalue weighted by Crippen LogP contribution is 2.37. The summed E-state index contributed by atoms with van der Waals surface area (Å²) >= 11 is 0. The van der Waals surface area contributed by atoms with Crippen molar-refractivity contribution in [2.75, 3.05) is 18.0 Å². The third-order valence-corrected chi connectivity index (χ3v) is 5.72. The molecule has 0 amide bonds. The molecule has 0 bridgehead atoms. The molecule has 1 N–H and O–H groups in total. The number of hydrogen-bond donors (Lipinski definition) is 1. The van der Waals surface area contributed by atoms with Crippen LogP contribution in [0.1, 0.15) is 19.8 Å². The van der Waals surface area contributed by atoms with Gasteiger partial charge in [0.15, 0.2) is 0 Å². The molecule has 0 spiro atoms. The van der Waals surface area contributed by atoms with Crippen LogP contribution in [0.15, 0.2) is 23.1 Å². The fraction of sp³-hybridized carbons (Fsp3) is 0.571. The molecule has 1 aliphatic heterocycles. The molecule has 140 valence electrons. The van der Waals surface area contributed by atoms with Gasteiger partial charge in [0.2, 0.25) is 0 Å². The van der Waals surface area contributed by atoms with Crippen molar-refractivity contribution >= 4 is 21.2 Å². The van der Waals surface area contributed by atoms with Crippen molar-refractivity contribution in [3.63, 3.8) is 0 Å². The van der Waals surface area contributed by atoms with Gasteiger partial charge in [0, 0.05) is 25.1 Å². The maximum atomic E-state index is 12.7. The highest BCUT2D eigenvalue weighted by molar-refractivity contribution is 7.92. The van der Waals surface area contributed by atoms with Crippen LogP contribution in [0.4, 0.5) is 24.5 Å². The number of benzene rings is 1. The zero-order chi connectivity index (χ0) is 19.0. The molecule has 1 aromatic rings. The number of rotatable bonds is 4. The van der Waals surface area contributed by atoms with E-state index in [-0.39, 0.29) is 11.6 Å². The van der Waals surface area contributed by atoms with Gasteiger partial charge in [-0.1, -0.05) is 0 Å². The molecule has 2 rings (SSSR count). The summed E-state index contributed by atoms with van der Waals surface area (Å²) in [5.74, 6) is -0.132. The van der Waals surface area contributed by atoms with E-state index in [1.54, 1.807) is 11.8 Å². The maximum absolute atomic E-state index is 12.7. The Balaban J connectivity index is 2.46. The van der Waals surface area contributed by atoms with E-state index >= 15 is 0 Å². The number of anilines is 1. The van der Waals surface area contributed by atoms with Gasteiger partial charge >= 0.3 is 5.51 Å². The highest BCUT2D eigenvalue weighted by atomic mass is 32.2. The van der Waals surface area contributed by atoms with Gasteiger partial charge in [0.25, 0.3) is 15.5 Å². The number of piperidine rings is 1. The average molecular weight is 382 g/mol. The average Bonchev–Trinajstić information content (AvgIpc) is 2.53. The Morgan fingerprint density at radius 3 is 2.56 bits per heavy atom. The summed E-state index contributed by atoms with van der Waals surface area (Å²) in [7, 11) is -5.67. The number of alkyl halides is 3. The van der Waals surface area contributed by atoms with Gasteiger partial charge in [-0.05, 0) is 31.9 Å². The van der Waals surface area contributed by atoms with Gasteiger partial charge in [-0.15, -0.1) is 0 Å². The zero-order valence-corrected chi connectivity index (χ0v) is 14.0. The van der Waals surface area contributed by atoms with Gasteiger partial charge in [-0.3, -0.25) is 10.1 Å². The SMILES string of the molecule is CC(O)C1CCCN(c2ccc(S(=O)(=O)C(F)(F)F)cc2[N+](=O)[O-])C1. The summed E-state index contributed by atoms with van der Waals surface area (Å²) in [4.78, 5) is 10.8. The summed E-state index contributed by atoms with van der Waals surface area (Å²) in [6.45, 7) is 2.32. The van der Waals surface area contributed by atoms with E-state index in [1.807, 2.05) is 0 Å². The molecule has 0 aliphatic carbocycles. The van der Waals surface area contributed by atoms with Crippen LogP contribution < -0.4 is 4.90 Å². The first-order chi connectivity index (χ1) is 11.4. The van der Waals surface area contributed by atoms with Gasteiger partial charge in [0.05, 0.1) is 15.9 Å². The standard InChI is InChI=1S/C14H17F3N2O5S/c1-9(20)10-3-2-6-18(8-10)12-5-4-11(7-13(12)19(21)22)25(23,24)14(15,16)17/h4-5,7,9-10,20H,2-3,6,8H2,1H3. The van der Waals surface area contributed by atoms with Crippen LogP contribution in [0.2, 0.25) is 0 Å². The summed E-state index contributed by atoms with van der Waals surface area (Å²) in [6.07, 6.45) is 0.740. The van der Waals surface area contributed by atoms with Crippen LogP contribution >= 0.6 is 0 Å². The number of sulfone groups is 1. The number of hydrogen-bond acceptors (Lipinski definition) is 6. The van der Waals surface area contributed by atoms with E-state index in [2.05, 4.69) is 0 Å². The smallest absolute Gasteiger partial charge is 0.393 e. The minimum Gasteiger partial charge on any atom is -0.393 e. The molecule has 1 saturated heterocycles. The fourth-order valence-electron chi connectivity index (χ4n) is 2.84. The molecule has 0 radical (unpaired) electrons. The summed E-state index contributed by atoms with van der Waals surface area (Å²) in [5, 5.41) is 21.0. The van der Waals surface area contributed by atoms with Crippen molar-refractivity contribution in [1.29, 1.82) is 0 Å². The lowest BCUT2D eigenvalue weighted by Crippen LogP contribution is -2.39. The van der Waals surface area contributed by atoms with Gasteiger partial charge in [-0.25, -0.2) is 8.42 Å². The molecular formula is C14H17F3N2O5S. The second kappa shape index (κ2) is 6.79. The van der Waals surface area contributed by atoms with Crippen LogP contribution in [0.5, 0.6) is 0 Å². The quantitative estimate of drug-likeness (QED) is 0.634. The van der Waals surface area contributed by atoms with E-state index in [0.717, 1.165) is 18.6 Å². The number of nitro groups is 1. The number of aliphatic hydroxyl groups excluding tert-OH is 1. The lowest BCUT2D eigenvalue weighted by Gasteiger charge is -2.35. The molecular weight excluding hydrogens is 365 g/mol. The predicted octanol–water partition coefficient (Wildman–Crippen LogP) is 2.49. The molecule has 11 heteroatoms. The Bertz CT molecular complexity index is 764. The van der Waals surface area contributed by atoms with E-state index in [1.165, 1.54) is 0 Å². The predicted molar refractivity (Wildman–Crippen MR) is 83.0 cm³/mol. The normalized spacial score (nSPS) is 20.4. The van der Waals surface area contributed by atoms with Crippen LogP contribution in [0, 0.1) is 16.0 Å². The third-order valence-electron chi connectivity index (χ3n) is 4.24. The molecule has 2 unspecified atom stereocenters. The molecule has 2 atom stereocenters. The van der Waals surface area contributed by atoms with Crippen LogP contribution in [-0.4, -0.2) is 43.1 Å². The first kappa shape index (κ1) is 19.4. The minimum atomic E-state index is -5.67. The number of nitro benzene ring substituents is 1. The van der Waals surface area contributed by atoms with Crippen molar-refractivity contribution in [3.05, 3.63) is 28.3 Å². The molecule has 1 heterocycles. The minimum absolute atomic E-state index is 0.0384. The van der Waals surface area contributed by atoms with Crippen LogP contribution in [0.3, 0.4) is 0 Å². The van der Waals surface area contributed by atoms with Gasteiger partial charge in [0.1, 0.15) is 5.69 Å². The lowest BCUT2D eigenvalue weighted by molar-refractivity contribution is -0.384. The number of aliphatic hydroxyl groups is 1. The monoisotopic (exact) mass is 382 g/mol. The Morgan fingerprint density at radius 2 is 2.04 bits per heavy atom. The second-order valence-electron chi connectivity index (χ2n) is 5.95. The van der Waals surface area contributed by atoms with Gasteiger partial charge < -0.3 is 10.0 Å². The van der Waals surface area contributed by atoms with Crippen molar-refractivity contribution in [2.24, 2.45) is 5.92 Å². The van der Waals surface area contributed by atoms with Crippen molar-refractivity contribution < 1.29 is 31.6 Å². The molecule has 25 heavy (non-hydrogen) atoms. The van der Waals surface area contributed by atoms with Gasteiger partial charge in [-0.2, -0.15) is 13.2 Å². The maximum Gasteiger partial charge on any atom is 0.501 e. The zero-order valence-electron chi connectivity index (χ0n) is 13.2. The topological polar surface area (TPSA) is 101 Å². The van der Waals surface area contributed by atoms with E-state index in [9.17, 15) is 36.8 Å². The molecule has 1 aromatic carbocycles. The highest BCUT2D eigenvalue weighted by Gasteiger charge is 2.47. The van der Waals surface area contributed by atoms with Crippen LogP contribution in [0.25, 0.3) is 0 Å². The molecule has 1 aliphatic rings. The summed E-state index contributed by atoms with van der Waals surface area (Å²) in [6, 6.07) is 2.17. The summed E-state index contributed by atoms with van der Waals surface area (Å²) < 4.78 is 60.9. The first-order valence-electron chi connectivity index (χ1n) is 7.48. The third kappa shape index (κ3) is 3.87. The number of nitrogens with zero attached hydrogens (tertiary/aromatic N) is 2. The molecule has 1 fully saturated rings. The molecule has 0 aromatic heterocycles. The molecule has 0 saturated carbocycles. The lowest BCUT2D eigenvalue weighted by atomic mass is 9.93. The van der Waals surface area contributed by atoms with E-state index in [4.69, 9.17) is 0 Å². The first-order valence-corrected chi connectivity index (χ1v) is 8.96. The Morgan fingerprint density at radius 1 is 1.40 bits per heavy atom. The van der Waals surface area contributed by atoms with E-state index < -0.39 is 37.0 Å². The second-order valence-corrected chi connectivity index (χ2v) is 7.89. The number of halogens is 3. The van der Waals surface area contributed by atoms with E-state index in [0.29, 0.717) is 25.6 Å². The van der Waals surface area contributed by atoms with Crippen molar-refractivity contribution in [1.82, 2.24) is 0 Å². The Hall–Kier alpha value is -1.88.